The van der Waals surface area contributed by atoms with E-state index in [9.17, 15) is 22.8 Å². The largest absolute Gasteiger partial charge is 0.493 e. The van der Waals surface area contributed by atoms with E-state index in [1.54, 1.807) is 6.92 Å². The Kier molecular flexibility index (Phi) is 9.31. The highest BCUT2D eigenvalue weighted by atomic mass is 32.2. The van der Waals surface area contributed by atoms with E-state index < -0.39 is 62.2 Å². The van der Waals surface area contributed by atoms with Gasteiger partial charge in [-0.15, -0.1) is 0 Å². The Balaban J connectivity index is 2.27. The molecule has 9 nitrogen and oxygen atoms in total. The van der Waals surface area contributed by atoms with Gasteiger partial charge in [0.05, 0.1) is 42.3 Å². The van der Waals surface area contributed by atoms with E-state index in [0.29, 0.717) is 23.5 Å². The predicted molar refractivity (Wildman–Crippen MR) is 141 cm³/mol. The number of halogens is 2. The minimum absolute atomic E-state index is 0.0279. The van der Waals surface area contributed by atoms with E-state index in [1.807, 2.05) is 6.92 Å². The zero-order chi connectivity index (χ0) is 29.1. The first-order valence-electron chi connectivity index (χ1n) is 12.5. The number of carbonyl (C=O) groups excluding carboxylic acids is 3. The second-order valence-electron chi connectivity index (χ2n) is 9.30. The van der Waals surface area contributed by atoms with Crippen LogP contribution in [0.15, 0.2) is 18.2 Å². The minimum Gasteiger partial charge on any atom is -0.493 e. The Morgan fingerprint density at radius 3 is 2.28 bits per heavy atom. The number of anilines is 1. The molecule has 0 radical (unpaired) electrons. The summed E-state index contributed by atoms with van der Waals surface area (Å²) in [4.78, 5) is 40.2. The van der Waals surface area contributed by atoms with E-state index >= 15 is 8.78 Å². The van der Waals surface area contributed by atoms with Gasteiger partial charge in [-0.1, -0.05) is 25.8 Å². The molecule has 1 atom stereocenters. The highest BCUT2D eigenvalue weighted by Crippen LogP contribution is 2.42. The fourth-order valence-electron chi connectivity index (χ4n) is 4.66. The second kappa shape index (κ2) is 12.1. The van der Waals surface area contributed by atoms with Crippen molar-refractivity contribution in [2.75, 3.05) is 31.0 Å². The Bertz CT molecular complexity index is 1410. The van der Waals surface area contributed by atoms with Gasteiger partial charge in [0.1, 0.15) is 9.84 Å². The van der Waals surface area contributed by atoms with Crippen LogP contribution in [0.4, 0.5) is 14.5 Å². The summed E-state index contributed by atoms with van der Waals surface area (Å²) in [6, 6.07) is 3.09. The lowest BCUT2D eigenvalue weighted by molar-refractivity contribution is -0.114. The number of imide groups is 1. The van der Waals surface area contributed by atoms with Gasteiger partial charge in [0.15, 0.2) is 23.1 Å². The fourth-order valence-corrected chi connectivity index (χ4v) is 5.57. The van der Waals surface area contributed by atoms with Gasteiger partial charge in [-0.2, -0.15) is 0 Å². The van der Waals surface area contributed by atoms with Crippen LogP contribution in [-0.4, -0.2) is 56.8 Å². The van der Waals surface area contributed by atoms with Crippen LogP contribution in [0.3, 0.4) is 0 Å². The maximum atomic E-state index is 15.3. The summed E-state index contributed by atoms with van der Waals surface area (Å²) < 4.78 is 66.3. The number of benzene rings is 2. The third-order valence-corrected chi connectivity index (χ3v) is 7.24. The molecule has 0 bridgehead atoms. The molecule has 1 aliphatic heterocycles. The number of fused-ring (bicyclic) bond motifs is 1. The van der Waals surface area contributed by atoms with E-state index in [4.69, 9.17) is 9.47 Å². The van der Waals surface area contributed by atoms with Crippen molar-refractivity contribution in [2.24, 2.45) is 0 Å². The molecule has 0 aliphatic carbocycles. The van der Waals surface area contributed by atoms with E-state index in [1.165, 1.54) is 25.3 Å². The highest BCUT2D eigenvalue weighted by Gasteiger charge is 2.47. The molecular weight excluding hydrogens is 534 g/mol. The number of ether oxygens (including phenoxy) is 2. The van der Waals surface area contributed by atoms with Crippen molar-refractivity contribution in [1.29, 1.82) is 0 Å². The summed E-state index contributed by atoms with van der Waals surface area (Å²) >= 11 is 0. The van der Waals surface area contributed by atoms with Gasteiger partial charge in [-0.05, 0) is 37.5 Å². The number of nitrogens with zero attached hydrogens (tertiary/aromatic N) is 1. The number of methoxy groups -OCH3 is 1. The lowest BCUT2D eigenvalue weighted by Crippen LogP contribution is -2.38. The zero-order valence-electron chi connectivity index (χ0n) is 22.5. The van der Waals surface area contributed by atoms with Crippen LogP contribution in [0.25, 0.3) is 0 Å². The molecule has 3 rings (SSSR count). The van der Waals surface area contributed by atoms with E-state index in [2.05, 4.69) is 5.32 Å². The fraction of sp³-hybridized carbons (Fsp3) is 0.444. The molecule has 0 saturated heterocycles. The van der Waals surface area contributed by atoms with Crippen LogP contribution in [0, 0.1) is 11.6 Å². The Morgan fingerprint density at radius 1 is 1.05 bits per heavy atom. The lowest BCUT2D eigenvalue weighted by Gasteiger charge is -2.27. The molecule has 0 unspecified atom stereocenters. The normalized spacial score (nSPS) is 13.9. The monoisotopic (exact) mass is 566 g/mol. The summed E-state index contributed by atoms with van der Waals surface area (Å²) in [6.45, 7) is 4.95. The van der Waals surface area contributed by atoms with Crippen LogP contribution >= 0.6 is 0 Å². The number of hydrogen-bond donors (Lipinski definition) is 1. The van der Waals surface area contributed by atoms with Crippen LogP contribution < -0.4 is 14.8 Å². The smallest absolute Gasteiger partial charge is 0.264 e. The van der Waals surface area contributed by atoms with Gasteiger partial charge in [0, 0.05) is 18.7 Å². The quantitative estimate of drug-likeness (QED) is 0.298. The number of rotatable bonds is 12. The van der Waals surface area contributed by atoms with Crippen molar-refractivity contribution >= 4 is 33.2 Å². The van der Waals surface area contributed by atoms with E-state index in [-0.39, 0.29) is 35.5 Å². The molecule has 3 amide bonds. The first-order chi connectivity index (χ1) is 18.4. The maximum Gasteiger partial charge on any atom is 0.264 e. The molecule has 2 aromatic carbocycles. The zero-order valence-corrected chi connectivity index (χ0v) is 23.3. The van der Waals surface area contributed by atoms with Crippen LogP contribution in [0.5, 0.6) is 11.5 Å². The molecule has 1 aliphatic rings. The molecular formula is C27H32F2N2O7S. The first-order valence-corrected chi connectivity index (χ1v) is 14.6. The molecule has 2 aromatic rings. The molecule has 1 heterocycles. The van der Waals surface area contributed by atoms with Crippen molar-refractivity contribution in [3.63, 3.8) is 0 Å². The van der Waals surface area contributed by atoms with Gasteiger partial charge in [-0.25, -0.2) is 17.2 Å². The van der Waals surface area contributed by atoms with Crippen molar-refractivity contribution in [1.82, 2.24) is 4.90 Å². The van der Waals surface area contributed by atoms with Crippen molar-refractivity contribution < 1.29 is 41.1 Å². The number of carbonyl (C=O) groups is 3. The predicted octanol–water partition coefficient (Wildman–Crippen LogP) is 4.45. The number of unbranched alkanes of at least 4 members (excludes halogenated alkanes) is 2. The minimum atomic E-state index is -3.79. The third-order valence-electron chi connectivity index (χ3n) is 6.32. The van der Waals surface area contributed by atoms with Crippen molar-refractivity contribution in [3.8, 4) is 11.5 Å². The Hall–Kier alpha value is -3.54. The number of hydrogen-bond acceptors (Lipinski definition) is 7. The average Bonchev–Trinajstić information content (AvgIpc) is 3.11. The van der Waals surface area contributed by atoms with Gasteiger partial charge >= 0.3 is 0 Å². The summed E-state index contributed by atoms with van der Waals surface area (Å²) in [7, 11) is -2.37. The molecule has 0 aromatic heterocycles. The summed E-state index contributed by atoms with van der Waals surface area (Å²) in [5.74, 6) is -5.66. The van der Waals surface area contributed by atoms with Gasteiger partial charge in [0.25, 0.3) is 11.8 Å². The maximum absolute atomic E-state index is 15.3. The summed E-state index contributed by atoms with van der Waals surface area (Å²) in [5.41, 5.74) is -1.69. The molecule has 39 heavy (non-hydrogen) atoms. The van der Waals surface area contributed by atoms with Crippen LogP contribution in [0.2, 0.25) is 0 Å². The second-order valence-corrected chi connectivity index (χ2v) is 11.5. The van der Waals surface area contributed by atoms with Crippen LogP contribution in [-0.2, 0) is 21.1 Å². The first kappa shape index (κ1) is 30.0. The van der Waals surface area contributed by atoms with E-state index in [0.717, 1.165) is 19.6 Å². The Morgan fingerprint density at radius 2 is 1.72 bits per heavy atom. The Labute approximate surface area is 226 Å². The van der Waals surface area contributed by atoms with Gasteiger partial charge < -0.3 is 14.8 Å². The SMILES string of the molecule is CCCCCc1c(F)c(F)c(NC(C)=O)c2c1C(=O)N([C@H](CS(C)(=O)=O)c1ccc(OC)c(OCC)c1)C2=O. The van der Waals surface area contributed by atoms with Gasteiger partial charge in [0.2, 0.25) is 5.91 Å². The van der Waals surface area contributed by atoms with Crippen molar-refractivity contribution in [3.05, 3.63) is 52.1 Å². The third kappa shape index (κ3) is 6.21. The summed E-state index contributed by atoms with van der Waals surface area (Å²) in [5, 5.41) is 2.14. The highest BCUT2D eigenvalue weighted by molar-refractivity contribution is 7.90. The number of amides is 3. The molecule has 0 spiro atoms. The van der Waals surface area contributed by atoms with Crippen LogP contribution in [0.1, 0.15) is 77.9 Å². The molecule has 12 heteroatoms. The molecule has 212 valence electrons. The standard InChI is InChI=1S/C27H32F2N2O7S/c1-6-8-9-10-17-21-22(25(30-15(3)32)24(29)23(17)28)27(34)31(26(21)33)18(14-39(5,35)36)16-11-12-19(37-4)20(13-16)38-7-2/h11-13,18H,6-10,14H2,1-5H3,(H,30,32)/t18-/m1/s1. The average molecular weight is 567 g/mol. The number of nitrogens with one attached hydrogen (secondary N) is 1. The lowest BCUT2D eigenvalue weighted by atomic mass is 9.95. The molecule has 1 N–H and O–H groups in total. The molecule has 0 saturated carbocycles. The van der Waals surface area contributed by atoms with Gasteiger partial charge in [-0.3, -0.25) is 19.3 Å². The summed E-state index contributed by atoms with van der Waals surface area (Å²) in [6.07, 6.45) is 2.77. The van der Waals surface area contributed by atoms with Crippen molar-refractivity contribution in [2.45, 2.75) is 52.5 Å². The topological polar surface area (TPSA) is 119 Å². The molecule has 0 fully saturated rings. The number of sulfone groups is 1.